The lowest BCUT2D eigenvalue weighted by atomic mass is 9.77. The minimum Gasteiger partial charge on any atom is -0.265 e. The van der Waals surface area contributed by atoms with Crippen LogP contribution in [0.2, 0.25) is 0 Å². The van der Waals surface area contributed by atoms with Crippen LogP contribution in [0.25, 0.3) is 0 Å². The highest BCUT2D eigenvalue weighted by Gasteiger charge is 3.06. The van der Waals surface area contributed by atoms with E-state index in [4.69, 9.17) is 0 Å². The van der Waals surface area contributed by atoms with Gasteiger partial charge < -0.3 is 0 Å². The molecule has 1 aliphatic heterocycles. The van der Waals surface area contributed by atoms with E-state index in [0.29, 0.717) is 0 Å². The quantitative estimate of drug-likeness (QED) is 0.222. The SMILES string of the molecule is FC1(F)OC(F)(F)C(F)(F)OC2(F)C(F)(F)C(F)(F)C(F)(F)C(F)(F)C2(F)OC(F)(F)C(F)(F)OC(F)(F)C(F)(F)OC(F)(F)C(F)(F)OC2(F)C(F)(F)C(F)(F)C(F)(F)C(F)(F)C2(F)OC(F)(F)C(F)(F)OC1(F)F. The summed E-state index contributed by atoms with van der Waals surface area (Å²) in [6, 6.07) is 0. The molecule has 2 aliphatic carbocycles. The first kappa shape index (κ1) is 66.9. The van der Waals surface area contributed by atoms with Crippen molar-refractivity contribution >= 4 is 0 Å². The lowest BCUT2D eigenvalue weighted by Crippen LogP contribution is -2.87. The van der Waals surface area contributed by atoms with Gasteiger partial charge in [-0.25, -0.2) is 18.9 Å². The molecule has 52 heteroatoms. The van der Waals surface area contributed by atoms with Gasteiger partial charge in [0.2, 0.25) is 0 Å². The number of fused-ring (bicyclic) bond motifs is 2. The molecular formula is C24F44O8. The second-order valence-electron chi connectivity index (χ2n) is 14.0. The molecule has 3 rings (SSSR count). The lowest BCUT2D eigenvalue weighted by molar-refractivity contribution is -0.629. The first-order valence-electron chi connectivity index (χ1n) is 16.1. The average molecular weight is 1250 g/mol. The lowest BCUT2D eigenvalue weighted by Gasteiger charge is -2.55. The highest BCUT2D eigenvalue weighted by molar-refractivity contribution is 5.26. The number of halogens is 44. The Hall–Kier alpha value is -3.40. The predicted molar refractivity (Wildman–Crippen MR) is 123 cm³/mol. The van der Waals surface area contributed by atoms with Gasteiger partial charge in [0, 0.05) is 0 Å². The zero-order chi connectivity index (χ0) is 61.7. The van der Waals surface area contributed by atoms with Crippen LogP contribution in [0.15, 0.2) is 0 Å². The van der Waals surface area contributed by atoms with E-state index in [-0.39, 0.29) is 0 Å². The summed E-state index contributed by atoms with van der Waals surface area (Å²) in [6.07, 6.45) is -113. The Bertz CT molecular complexity index is 1920. The van der Waals surface area contributed by atoms with E-state index >= 15 is 17.6 Å². The molecule has 452 valence electrons. The van der Waals surface area contributed by atoms with E-state index in [1.807, 2.05) is 0 Å². The van der Waals surface area contributed by atoms with Crippen molar-refractivity contribution in [3.8, 4) is 0 Å². The summed E-state index contributed by atoms with van der Waals surface area (Å²) < 4.78 is 638. The molecule has 2 saturated carbocycles. The Balaban J connectivity index is 2.63. The third-order valence-corrected chi connectivity index (χ3v) is 8.94. The fourth-order valence-electron chi connectivity index (χ4n) is 4.99. The van der Waals surface area contributed by atoms with Crippen molar-refractivity contribution < 1.29 is 231 Å². The number of rotatable bonds is 0. The van der Waals surface area contributed by atoms with Gasteiger partial charge in [0.15, 0.2) is 0 Å². The molecule has 8 nitrogen and oxygen atoms in total. The molecule has 4 unspecified atom stereocenters. The van der Waals surface area contributed by atoms with Crippen molar-refractivity contribution in [2.45, 2.75) is 144 Å². The zero-order valence-corrected chi connectivity index (χ0v) is 31.9. The van der Waals surface area contributed by atoms with Crippen LogP contribution in [0, 0.1) is 0 Å². The molecule has 0 aromatic heterocycles. The van der Waals surface area contributed by atoms with E-state index in [2.05, 4.69) is 0 Å². The molecule has 0 N–H and O–H groups in total. The largest absolute Gasteiger partial charge is 0.453 e. The molecule has 0 bridgehead atoms. The molecule has 0 radical (unpaired) electrons. The van der Waals surface area contributed by atoms with Gasteiger partial charge in [-0.15, -0.1) is 0 Å². The van der Waals surface area contributed by atoms with Gasteiger partial charge in [0.1, 0.15) is 0 Å². The summed E-state index contributed by atoms with van der Waals surface area (Å²) in [5.74, 6) is -115. The van der Waals surface area contributed by atoms with Crippen LogP contribution in [0.5, 0.6) is 0 Å². The highest BCUT2D eigenvalue weighted by atomic mass is 19.4. The molecule has 3 fully saturated rings. The monoisotopic (exact) mass is 1250 g/mol. The summed E-state index contributed by atoms with van der Waals surface area (Å²) in [5, 5.41) is 0. The van der Waals surface area contributed by atoms with Crippen LogP contribution in [0.4, 0.5) is 193 Å². The van der Waals surface area contributed by atoms with Crippen molar-refractivity contribution in [3.05, 3.63) is 0 Å². The van der Waals surface area contributed by atoms with Gasteiger partial charge in [-0.2, -0.15) is 193 Å². The molecule has 1 heterocycles. The standard InChI is InChI=1S/C24F44O8/c25-1(26)2(27,28)6(35,36)10(42)9(41,5(1,33)34)69-13(45,46)17(53,54)73-21(61,62)22(63,64)75-19(57,58)15(49,50)71-11(43)7(37,38)3(29,30)4(31,32)8(39,40)12(11,44)72-16(51,52)20(59,60)76-24(67,68)23(65,66)74-18(55,56)14(47,48)70-10. The molecule has 1 saturated heterocycles. The van der Waals surface area contributed by atoms with Crippen LogP contribution < -0.4 is 0 Å². The van der Waals surface area contributed by atoms with Crippen LogP contribution in [0.1, 0.15) is 0 Å². The minimum absolute atomic E-state index is 0.719. The van der Waals surface area contributed by atoms with Crippen molar-refractivity contribution in [2.75, 3.05) is 0 Å². The van der Waals surface area contributed by atoms with Crippen molar-refractivity contribution in [2.24, 2.45) is 0 Å². The Kier molecular flexibility index (Phi) is 14.2. The maximum absolute atomic E-state index is 15.5. The molecule has 3 aliphatic rings. The maximum atomic E-state index is 15.5. The van der Waals surface area contributed by atoms with Crippen LogP contribution in [-0.4, -0.2) is 144 Å². The second-order valence-corrected chi connectivity index (χ2v) is 14.0. The Morgan fingerprint density at radius 3 is 0.276 bits per heavy atom. The van der Waals surface area contributed by atoms with Gasteiger partial charge >= 0.3 is 144 Å². The topological polar surface area (TPSA) is 73.8 Å². The van der Waals surface area contributed by atoms with Gasteiger partial charge in [0.05, 0.1) is 0 Å². The smallest absolute Gasteiger partial charge is 0.265 e. The van der Waals surface area contributed by atoms with Crippen molar-refractivity contribution in [1.29, 1.82) is 0 Å². The third kappa shape index (κ3) is 8.01. The fourth-order valence-corrected chi connectivity index (χ4v) is 4.99. The Morgan fingerprint density at radius 2 is 0.184 bits per heavy atom. The van der Waals surface area contributed by atoms with Crippen LogP contribution >= 0.6 is 0 Å². The van der Waals surface area contributed by atoms with E-state index in [1.54, 1.807) is 0 Å². The molecule has 76 heavy (non-hydrogen) atoms. The second kappa shape index (κ2) is 16.2. The Labute approximate surface area is 376 Å². The first-order valence-corrected chi connectivity index (χ1v) is 16.1. The molecule has 0 amide bonds. The summed E-state index contributed by atoms with van der Waals surface area (Å²) in [5.41, 5.74) is 0. The summed E-state index contributed by atoms with van der Waals surface area (Å²) >= 11 is 0. The molecule has 0 spiro atoms. The molecule has 4 atom stereocenters. The van der Waals surface area contributed by atoms with E-state index < -0.39 is 144 Å². The number of ether oxygens (including phenoxy) is 8. The van der Waals surface area contributed by atoms with Crippen molar-refractivity contribution in [3.63, 3.8) is 0 Å². The van der Waals surface area contributed by atoms with Crippen LogP contribution in [0.3, 0.4) is 0 Å². The Morgan fingerprint density at radius 1 is 0.105 bits per heavy atom. The number of hydrogen-bond donors (Lipinski definition) is 0. The predicted octanol–water partition coefficient (Wildman–Crippen LogP) is 13.0. The van der Waals surface area contributed by atoms with Crippen molar-refractivity contribution in [1.82, 2.24) is 0 Å². The number of hydrogen-bond acceptors (Lipinski definition) is 8. The minimum atomic E-state index is -9.91. The maximum Gasteiger partial charge on any atom is 0.453 e. The van der Waals surface area contributed by atoms with Gasteiger partial charge in [0.25, 0.3) is 0 Å². The molecule has 0 aromatic rings. The normalized spacial score (nSPS) is 39.6. The summed E-state index contributed by atoms with van der Waals surface area (Å²) in [6.45, 7) is 0. The fraction of sp³-hybridized carbons (Fsp3) is 1.00. The van der Waals surface area contributed by atoms with Gasteiger partial charge in [-0.1, -0.05) is 0 Å². The van der Waals surface area contributed by atoms with E-state index in [9.17, 15) is 176 Å². The van der Waals surface area contributed by atoms with Crippen LogP contribution in [-0.2, 0) is 37.9 Å². The van der Waals surface area contributed by atoms with Gasteiger partial charge in [-0.3, -0.25) is 18.9 Å². The molecular weight excluding hydrogens is 1250 g/mol. The van der Waals surface area contributed by atoms with E-state index in [1.165, 1.54) is 0 Å². The number of alkyl halides is 44. The third-order valence-electron chi connectivity index (χ3n) is 8.94. The van der Waals surface area contributed by atoms with Gasteiger partial charge in [-0.05, 0) is 0 Å². The van der Waals surface area contributed by atoms with E-state index in [0.717, 1.165) is 37.9 Å². The summed E-state index contributed by atoms with van der Waals surface area (Å²) in [7, 11) is 0. The zero-order valence-electron chi connectivity index (χ0n) is 31.9. The highest BCUT2D eigenvalue weighted by Crippen LogP contribution is 2.74. The molecule has 0 aromatic carbocycles. The first-order chi connectivity index (χ1) is 32.2. The summed E-state index contributed by atoms with van der Waals surface area (Å²) in [4.78, 5) is 0. The average Bonchev–Trinajstić information content (AvgIpc) is 3.13.